The smallest absolute Gasteiger partial charge is 0.410 e. The number of esters is 3. The lowest BCUT2D eigenvalue weighted by molar-refractivity contribution is -0.128. The van der Waals surface area contributed by atoms with E-state index >= 15 is 0 Å². The molecule has 6 aromatic carbocycles. The molecule has 6 aromatic rings. The molecular weight excluding hydrogens is 1160 g/mol. The summed E-state index contributed by atoms with van der Waals surface area (Å²) in [5.41, 5.74) is 3.49. The first-order valence-corrected chi connectivity index (χ1v) is 29.8. The minimum atomic E-state index is -3.56. The highest BCUT2D eigenvalue weighted by Gasteiger charge is 2.39. The lowest BCUT2D eigenvalue weighted by Gasteiger charge is -2.35. The van der Waals surface area contributed by atoms with E-state index in [1.807, 2.05) is 91.0 Å². The van der Waals surface area contributed by atoms with E-state index in [1.165, 1.54) is 11.0 Å². The standard InChI is InChI=1S/C23H25NO7.C17H16O4.C14H19NO6S.C10H10O4/c1-23(2)30-19-10-6-9-18(20(19)21(25)31-23)28-15-17-14-27-12-11-24(17)22(26)29-13-16-7-4-3-5-8-16;1-17(2)20-14-10-6-9-13(15(14)16(18)21-17)19-11-12-7-4-3-5-8-12;1-22(17,18)21-11-13-10-19-8-7-15(13)14(16)20-9-12-5-3-2-4-6-12;1-10(2)13-7-5-3-4-6(11)8(7)9(12)14-10/h3-10,17H,11-15H2,1-2H3;3-10H,11H2,1-2H3;2-6,13H,7-11H2,1H3;3-5,11H,1-2H3/t17-;;13-;/m0.0./s1. The summed E-state index contributed by atoms with van der Waals surface area (Å²) < 4.78 is 92.3. The van der Waals surface area contributed by atoms with E-state index < -0.39 is 63.6 Å². The number of phenolic OH excluding ortho intramolecular Hbond substituents is 1. The van der Waals surface area contributed by atoms with Crippen LogP contribution in [0.2, 0.25) is 0 Å². The molecule has 11 rings (SSSR count). The Morgan fingerprint density at radius 2 is 0.864 bits per heavy atom. The summed E-state index contributed by atoms with van der Waals surface area (Å²) in [5, 5.41) is 9.42. The highest BCUT2D eigenvalue weighted by Crippen LogP contribution is 2.39. The molecule has 0 aliphatic carbocycles. The summed E-state index contributed by atoms with van der Waals surface area (Å²) >= 11 is 0. The van der Waals surface area contributed by atoms with Crippen molar-refractivity contribution >= 4 is 40.2 Å². The predicted molar refractivity (Wildman–Crippen MR) is 314 cm³/mol. The molecule has 0 aromatic heterocycles. The number of cyclic esters (lactones) is 3. The number of rotatable bonds is 13. The van der Waals surface area contributed by atoms with E-state index in [2.05, 4.69) is 0 Å². The first-order chi connectivity index (χ1) is 41.9. The van der Waals surface area contributed by atoms with Crippen LogP contribution in [0, 0.1) is 0 Å². The molecular formula is C64H70N2O21S. The van der Waals surface area contributed by atoms with Crippen LogP contribution in [0.4, 0.5) is 9.59 Å². The van der Waals surface area contributed by atoms with E-state index in [0.29, 0.717) is 73.8 Å². The molecule has 0 radical (unpaired) electrons. The van der Waals surface area contributed by atoms with Gasteiger partial charge in [-0.15, -0.1) is 0 Å². The van der Waals surface area contributed by atoms with Crippen LogP contribution in [0.25, 0.3) is 0 Å². The Hall–Kier alpha value is -9.10. The van der Waals surface area contributed by atoms with Crippen molar-refractivity contribution in [2.24, 2.45) is 0 Å². The van der Waals surface area contributed by atoms with Gasteiger partial charge in [0.15, 0.2) is 0 Å². The molecule has 468 valence electrons. The number of benzene rings is 6. The third-order valence-corrected chi connectivity index (χ3v) is 13.7. The number of carbonyl (C=O) groups excluding carboxylic acids is 5. The molecule has 0 saturated carbocycles. The number of carbonyl (C=O) groups is 5. The number of aromatic hydroxyl groups is 1. The van der Waals surface area contributed by atoms with Crippen molar-refractivity contribution in [3.63, 3.8) is 0 Å². The second-order valence-corrected chi connectivity index (χ2v) is 23.2. The summed E-state index contributed by atoms with van der Waals surface area (Å²) in [6.45, 7) is 12.8. The normalized spacial score (nSPS) is 18.2. The Kier molecular flexibility index (Phi) is 21.4. The third-order valence-electron chi connectivity index (χ3n) is 13.2. The van der Waals surface area contributed by atoms with Crippen molar-refractivity contribution in [2.75, 3.05) is 59.0 Å². The quantitative estimate of drug-likeness (QED) is 0.0640. The van der Waals surface area contributed by atoms with E-state index in [-0.39, 0.29) is 56.0 Å². The van der Waals surface area contributed by atoms with Gasteiger partial charge >= 0.3 is 30.1 Å². The summed E-state index contributed by atoms with van der Waals surface area (Å²) in [6.07, 6.45) is 0.0314. The fraction of sp³-hybridized carbons (Fsp3) is 0.359. The number of nitrogens with zero attached hydrogens (tertiary/aromatic N) is 2. The first-order valence-electron chi connectivity index (χ1n) is 28.0. The SMILES string of the molecule is CC1(C)OC(=O)c2c(O)cccc2O1.CC1(C)OC(=O)c2c(OC[C@@H]3COCCN3C(=O)OCc3ccccc3)cccc2O1.CC1(C)OC(=O)c2c(OCc3ccccc3)cccc2O1.CS(=O)(=O)OC[C@@H]1COCCN1C(=O)OCc1ccccc1. The van der Waals surface area contributed by atoms with Gasteiger partial charge in [-0.25, -0.2) is 24.0 Å². The maximum absolute atomic E-state index is 12.6. The average molecular weight is 1240 g/mol. The Bertz CT molecular complexity index is 3490. The Labute approximate surface area is 509 Å². The first kappa shape index (κ1) is 64.9. The minimum absolute atomic E-state index is 0.0897. The van der Waals surface area contributed by atoms with Crippen molar-refractivity contribution in [1.29, 1.82) is 0 Å². The fourth-order valence-corrected chi connectivity index (χ4v) is 9.52. The largest absolute Gasteiger partial charge is 0.507 e. The predicted octanol–water partition coefficient (Wildman–Crippen LogP) is 9.62. The molecule has 2 saturated heterocycles. The molecule has 1 N–H and O–H groups in total. The zero-order chi connectivity index (χ0) is 63.1. The topological polar surface area (TPSA) is 266 Å². The van der Waals surface area contributed by atoms with Gasteiger partial charge in [0.2, 0.25) is 17.4 Å². The van der Waals surface area contributed by atoms with Gasteiger partial charge in [0, 0.05) is 54.6 Å². The molecule has 2 atom stereocenters. The zero-order valence-electron chi connectivity index (χ0n) is 49.7. The van der Waals surface area contributed by atoms with Crippen LogP contribution < -0.4 is 23.7 Å². The number of fused-ring (bicyclic) bond motifs is 3. The molecule has 0 spiro atoms. The molecule has 24 heteroatoms. The van der Waals surface area contributed by atoms with Crippen LogP contribution in [-0.4, -0.2) is 142 Å². The number of ether oxygens (including phenoxy) is 12. The molecule has 5 aliphatic rings. The van der Waals surface area contributed by atoms with E-state index in [4.69, 9.17) is 61.0 Å². The average Bonchev–Trinajstić information content (AvgIpc) is 1.85. The maximum Gasteiger partial charge on any atom is 0.410 e. The van der Waals surface area contributed by atoms with Crippen LogP contribution in [0.15, 0.2) is 146 Å². The van der Waals surface area contributed by atoms with Crippen molar-refractivity contribution < 1.29 is 98.5 Å². The number of amides is 2. The number of hydrogen-bond acceptors (Lipinski definition) is 21. The molecule has 5 heterocycles. The van der Waals surface area contributed by atoms with Gasteiger partial charge in [0.05, 0.1) is 51.4 Å². The monoisotopic (exact) mass is 1230 g/mol. The highest BCUT2D eigenvalue weighted by molar-refractivity contribution is 7.86. The summed E-state index contributed by atoms with van der Waals surface area (Å²) in [5.74, 6) is -2.55. The molecule has 2 fully saturated rings. The van der Waals surface area contributed by atoms with Gasteiger partial charge in [-0.1, -0.05) is 109 Å². The van der Waals surface area contributed by atoms with E-state index in [1.54, 1.807) is 95.0 Å². The Morgan fingerprint density at radius 3 is 1.30 bits per heavy atom. The van der Waals surface area contributed by atoms with Crippen molar-refractivity contribution in [3.05, 3.63) is 179 Å². The van der Waals surface area contributed by atoms with E-state index in [0.717, 1.165) is 22.9 Å². The van der Waals surface area contributed by atoms with Crippen molar-refractivity contribution in [1.82, 2.24) is 9.80 Å². The van der Waals surface area contributed by atoms with Gasteiger partial charge < -0.3 is 61.9 Å². The van der Waals surface area contributed by atoms with Crippen LogP contribution in [0.5, 0.6) is 34.5 Å². The highest BCUT2D eigenvalue weighted by atomic mass is 32.2. The fourth-order valence-electron chi connectivity index (χ4n) is 9.12. The Balaban J connectivity index is 0.000000157. The van der Waals surface area contributed by atoms with Gasteiger partial charge in [-0.05, 0) is 53.1 Å². The van der Waals surface area contributed by atoms with Gasteiger partial charge in [0.25, 0.3) is 10.1 Å². The van der Waals surface area contributed by atoms with Crippen LogP contribution in [0.3, 0.4) is 0 Å². The van der Waals surface area contributed by atoms with Gasteiger partial charge in [-0.2, -0.15) is 8.42 Å². The van der Waals surface area contributed by atoms with Crippen molar-refractivity contribution in [2.45, 2.75) is 90.8 Å². The summed E-state index contributed by atoms with van der Waals surface area (Å²) in [4.78, 5) is 63.9. The molecule has 88 heavy (non-hydrogen) atoms. The number of morpholine rings is 2. The summed E-state index contributed by atoms with van der Waals surface area (Å²) in [6, 6.07) is 42.8. The van der Waals surface area contributed by atoms with Crippen LogP contribution >= 0.6 is 0 Å². The van der Waals surface area contributed by atoms with Gasteiger partial charge in [0.1, 0.15) is 77.6 Å². The van der Waals surface area contributed by atoms with Crippen LogP contribution in [-0.2, 0) is 67.3 Å². The molecule has 0 bridgehead atoms. The lowest BCUT2D eigenvalue weighted by atomic mass is 10.1. The van der Waals surface area contributed by atoms with E-state index in [9.17, 15) is 37.5 Å². The number of phenols is 1. The third kappa shape index (κ3) is 18.5. The number of hydrogen-bond donors (Lipinski definition) is 1. The summed E-state index contributed by atoms with van der Waals surface area (Å²) in [7, 11) is -3.56. The molecule has 2 amide bonds. The molecule has 0 unspecified atom stereocenters. The minimum Gasteiger partial charge on any atom is -0.507 e. The second-order valence-electron chi connectivity index (χ2n) is 21.6. The maximum atomic E-state index is 12.6. The molecule has 23 nitrogen and oxygen atoms in total. The van der Waals surface area contributed by atoms with Crippen LogP contribution in [0.1, 0.15) is 89.3 Å². The Morgan fingerprint density at radius 1 is 0.489 bits per heavy atom. The second kappa shape index (κ2) is 29.1. The van der Waals surface area contributed by atoms with Crippen molar-refractivity contribution in [3.8, 4) is 34.5 Å². The van der Waals surface area contributed by atoms with Gasteiger partial charge in [-0.3, -0.25) is 14.0 Å². The molecule has 5 aliphatic heterocycles. The lowest BCUT2D eigenvalue weighted by Crippen LogP contribution is -2.51. The zero-order valence-corrected chi connectivity index (χ0v) is 50.5.